The van der Waals surface area contributed by atoms with Crippen LogP contribution in [0.1, 0.15) is 39.3 Å². The van der Waals surface area contributed by atoms with E-state index in [2.05, 4.69) is 4.74 Å². The summed E-state index contributed by atoms with van der Waals surface area (Å²) >= 11 is 0. The normalized spacial score (nSPS) is 20.7. The Morgan fingerprint density at radius 2 is 1.72 bits per heavy atom. The highest BCUT2D eigenvalue weighted by Gasteiger charge is 2.50. The van der Waals surface area contributed by atoms with Crippen molar-refractivity contribution in [3.63, 3.8) is 0 Å². The van der Waals surface area contributed by atoms with Crippen molar-refractivity contribution >= 4 is 24.1 Å². The van der Waals surface area contributed by atoms with Crippen LogP contribution in [0.5, 0.6) is 0 Å². The minimum atomic E-state index is -1.48. The summed E-state index contributed by atoms with van der Waals surface area (Å²) in [6, 6.07) is 7.07. The number of hydrogen-bond acceptors (Lipinski definition) is 7. The molecule has 8 heteroatoms. The molecule has 1 saturated heterocycles. The number of hydrogen-bond donors (Lipinski definition) is 0. The van der Waals surface area contributed by atoms with Crippen molar-refractivity contribution in [2.24, 2.45) is 0 Å². The Hall–Kier alpha value is -2.90. The molecule has 1 aliphatic heterocycles. The predicted octanol–water partition coefficient (Wildman–Crippen LogP) is 2.57. The van der Waals surface area contributed by atoms with Crippen molar-refractivity contribution in [3.05, 3.63) is 35.9 Å². The highest BCUT2D eigenvalue weighted by molar-refractivity contribution is 5.99. The van der Waals surface area contributed by atoms with Crippen LogP contribution >= 0.6 is 0 Å². The monoisotopic (exact) mass is 349 g/mol. The molecule has 25 heavy (non-hydrogen) atoms. The van der Waals surface area contributed by atoms with Crippen molar-refractivity contribution in [1.82, 2.24) is 4.90 Å². The molecule has 0 radical (unpaired) electrons. The molecular weight excluding hydrogens is 330 g/mol. The van der Waals surface area contributed by atoms with Crippen LogP contribution in [0.2, 0.25) is 0 Å². The summed E-state index contributed by atoms with van der Waals surface area (Å²) in [6.07, 6.45) is -3.67. The van der Waals surface area contributed by atoms with Gasteiger partial charge in [-0.1, -0.05) is 30.3 Å². The SMILES string of the molecule is CC(=O)O[C@H]1C(=O)OC(=O)N(C(=O)OC(C)(C)C)[C@H]1c1ccccc1. The van der Waals surface area contributed by atoms with E-state index in [1.54, 1.807) is 51.1 Å². The molecule has 1 aliphatic rings. The number of rotatable bonds is 2. The zero-order valence-electron chi connectivity index (χ0n) is 14.3. The van der Waals surface area contributed by atoms with Crippen LogP contribution in [0.25, 0.3) is 0 Å². The van der Waals surface area contributed by atoms with Crippen LogP contribution in [0.4, 0.5) is 9.59 Å². The number of imide groups is 1. The average Bonchev–Trinajstić information content (AvgIpc) is 2.48. The van der Waals surface area contributed by atoms with Crippen LogP contribution in [0, 0.1) is 0 Å². The third-order valence-corrected chi connectivity index (χ3v) is 3.21. The molecular formula is C17H19NO7. The summed E-state index contributed by atoms with van der Waals surface area (Å²) in [7, 11) is 0. The second-order valence-electron chi connectivity index (χ2n) is 6.42. The molecule has 134 valence electrons. The first kappa shape index (κ1) is 18.4. The number of esters is 2. The van der Waals surface area contributed by atoms with Gasteiger partial charge in [0.2, 0.25) is 6.10 Å². The lowest BCUT2D eigenvalue weighted by atomic mass is 9.99. The zero-order chi connectivity index (χ0) is 18.8. The largest absolute Gasteiger partial charge is 0.448 e. The third-order valence-electron chi connectivity index (χ3n) is 3.21. The van der Waals surface area contributed by atoms with E-state index in [1.807, 2.05) is 0 Å². The minimum Gasteiger partial charge on any atom is -0.448 e. The van der Waals surface area contributed by atoms with Crippen LogP contribution in [-0.2, 0) is 23.8 Å². The lowest BCUT2D eigenvalue weighted by Gasteiger charge is -2.37. The second-order valence-corrected chi connectivity index (χ2v) is 6.42. The standard InChI is InChI=1S/C17H19NO7/c1-10(19)23-13-12(11-8-6-5-7-9-11)18(15(21)24-14(13)20)16(22)25-17(2,3)4/h5-9,12-13H,1-4H3/t12-,13+/m0/s1. The molecule has 1 heterocycles. The van der Waals surface area contributed by atoms with Gasteiger partial charge in [0.15, 0.2) is 0 Å². The van der Waals surface area contributed by atoms with E-state index in [9.17, 15) is 19.2 Å². The van der Waals surface area contributed by atoms with Gasteiger partial charge in [-0.25, -0.2) is 14.4 Å². The van der Waals surface area contributed by atoms with Crippen molar-refractivity contribution < 1.29 is 33.4 Å². The van der Waals surface area contributed by atoms with Gasteiger partial charge >= 0.3 is 24.1 Å². The molecule has 1 fully saturated rings. The molecule has 2 atom stereocenters. The fourth-order valence-corrected chi connectivity index (χ4v) is 2.34. The van der Waals surface area contributed by atoms with Gasteiger partial charge in [0.1, 0.15) is 11.6 Å². The molecule has 1 aromatic carbocycles. The van der Waals surface area contributed by atoms with Gasteiger partial charge in [0.25, 0.3) is 0 Å². The van der Waals surface area contributed by atoms with Crippen LogP contribution in [0.15, 0.2) is 30.3 Å². The highest BCUT2D eigenvalue weighted by atomic mass is 16.6. The van der Waals surface area contributed by atoms with Crippen LogP contribution in [0.3, 0.4) is 0 Å². The number of cyclic esters (lactones) is 2. The molecule has 0 unspecified atom stereocenters. The predicted molar refractivity (Wildman–Crippen MR) is 84.3 cm³/mol. The first-order valence-electron chi connectivity index (χ1n) is 7.60. The number of ether oxygens (including phenoxy) is 3. The van der Waals surface area contributed by atoms with Gasteiger partial charge in [0.05, 0.1) is 0 Å². The van der Waals surface area contributed by atoms with Gasteiger partial charge in [0, 0.05) is 6.92 Å². The van der Waals surface area contributed by atoms with E-state index in [0.29, 0.717) is 10.5 Å². The molecule has 8 nitrogen and oxygen atoms in total. The average molecular weight is 349 g/mol. The molecule has 0 saturated carbocycles. The number of benzene rings is 1. The summed E-state index contributed by atoms with van der Waals surface area (Å²) in [6.45, 7) is 6.01. The Kier molecular flexibility index (Phi) is 5.10. The fraction of sp³-hybridized carbons (Fsp3) is 0.412. The first-order valence-corrected chi connectivity index (χ1v) is 7.60. The van der Waals surface area contributed by atoms with E-state index in [-0.39, 0.29) is 0 Å². The molecule has 1 aromatic rings. The maximum atomic E-state index is 12.5. The molecule has 0 aromatic heterocycles. The van der Waals surface area contributed by atoms with E-state index in [4.69, 9.17) is 9.47 Å². The molecule has 0 spiro atoms. The maximum Gasteiger partial charge on any atom is 0.427 e. The summed E-state index contributed by atoms with van der Waals surface area (Å²) in [5.41, 5.74) is -0.457. The van der Waals surface area contributed by atoms with Crippen LogP contribution < -0.4 is 0 Å². The lowest BCUT2D eigenvalue weighted by Crippen LogP contribution is -2.55. The van der Waals surface area contributed by atoms with Gasteiger partial charge in [-0.2, -0.15) is 4.90 Å². The van der Waals surface area contributed by atoms with Crippen molar-refractivity contribution in [1.29, 1.82) is 0 Å². The first-order chi connectivity index (χ1) is 11.6. The Morgan fingerprint density at radius 3 is 2.24 bits per heavy atom. The zero-order valence-corrected chi connectivity index (χ0v) is 14.3. The molecule has 0 aliphatic carbocycles. The molecule has 2 rings (SSSR count). The second kappa shape index (κ2) is 6.92. The van der Waals surface area contributed by atoms with E-state index in [0.717, 1.165) is 6.92 Å². The lowest BCUT2D eigenvalue weighted by molar-refractivity contribution is -0.173. The van der Waals surface area contributed by atoms with Gasteiger partial charge in [-0.05, 0) is 26.3 Å². The Balaban J connectivity index is 2.49. The number of carbonyl (C=O) groups is 4. The number of carbonyl (C=O) groups excluding carboxylic acids is 4. The van der Waals surface area contributed by atoms with E-state index >= 15 is 0 Å². The summed E-state index contributed by atoms with van der Waals surface area (Å²) < 4.78 is 14.8. The Labute approximate surface area is 144 Å². The summed E-state index contributed by atoms with van der Waals surface area (Å²) in [4.78, 5) is 48.8. The Morgan fingerprint density at radius 1 is 1.12 bits per heavy atom. The van der Waals surface area contributed by atoms with Crippen LogP contribution in [-0.4, -0.2) is 40.7 Å². The molecule has 2 amide bonds. The van der Waals surface area contributed by atoms with E-state index in [1.165, 1.54) is 0 Å². The molecule has 0 bridgehead atoms. The molecule has 0 N–H and O–H groups in total. The topological polar surface area (TPSA) is 99.2 Å². The fourth-order valence-electron chi connectivity index (χ4n) is 2.34. The number of nitrogens with zero attached hydrogens (tertiary/aromatic N) is 1. The number of amides is 2. The summed E-state index contributed by atoms with van der Waals surface area (Å²) in [5, 5.41) is 0. The van der Waals surface area contributed by atoms with Gasteiger partial charge in [-0.3, -0.25) is 4.79 Å². The smallest absolute Gasteiger partial charge is 0.427 e. The Bertz CT molecular complexity index is 693. The van der Waals surface area contributed by atoms with Crippen molar-refractivity contribution in [2.75, 3.05) is 0 Å². The quantitative estimate of drug-likeness (QED) is 0.459. The van der Waals surface area contributed by atoms with Gasteiger partial charge < -0.3 is 14.2 Å². The minimum absolute atomic E-state index is 0.421. The van der Waals surface area contributed by atoms with Crippen molar-refractivity contribution in [2.45, 2.75) is 45.4 Å². The van der Waals surface area contributed by atoms with E-state index < -0.39 is 41.9 Å². The third kappa shape index (κ3) is 4.34. The van der Waals surface area contributed by atoms with Crippen molar-refractivity contribution in [3.8, 4) is 0 Å². The summed E-state index contributed by atoms with van der Waals surface area (Å²) in [5.74, 6) is -1.80. The van der Waals surface area contributed by atoms with Gasteiger partial charge in [-0.15, -0.1) is 0 Å². The highest BCUT2D eigenvalue weighted by Crippen LogP contribution is 2.33. The maximum absolute atomic E-state index is 12.5.